The number of thiophene rings is 1. The number of aromatic nitrogens is 1. The van der Waals surface area contributed by atoms with Gasteiger partial charge in [-0.05, 0) is 23.6 Å². The molecule has 0 radical (unpaired) electrons. The molecule has 1 atom stereocenters. The van der Waals surface area contributed by atoms with E-state index in [4.69, 9.17) is 0 Å². The normalized spacial score (nSPS) is 17.2. The zero-order valence-corrected chi connectivity index (χ0v) is 14.9. The van der Waals surface area contributed by atoms with Crippen LogP contribution >= 0.6 is 11.3 Å². The molecule has 0 bridgehead atoms. The highest BCUT2D eigenvalue weighted by Crippen LogP contribution is 2.25. The van der Waals surface area contributed by atoms with Gasteiger partial charge in [0.15, 0.2) is 0 Å². The van der Waals surface area contributed by atoms with Gasteiger partial charge in [-0.25, -0.2) is 0 Å². The van der Waals surface area contributed by atoms with Gasteiger partial charge in [-0.1, -0.05) is 6.07 Å². The Morgan fingerprint density at radius 3 is 2.69 bits per heavy atom. The van der Waals surface area contributed by atoms with E-state index in [2.05, 4.69) is 10.6 Å². The van der Waals surface area contributed by atoms with Crippen LogP contribution in [0.15, 0.2) is 35.8 Å². The molecule has 2 aromatic rings. The molecular weight excluding hydrogens is 365 g/mol. The van der Waals surface area contributed by atoms with E-state index >= 15 is 0 Å². The molecule has 2 aromatic heterocycles. The van der Waals surface area contributed by atoms with Crippen LogP contribution in [0.25, 0.3) is 0 Å². The second-order valence-corrected chi connectivity index (χ2v) is 7.19. The minimum Gasteiger partial charge on any atom is -0.349 e. The van der Waals surface area contributed by atoms with E-state index in [-0.39, 0.29) is 0 Å². The molecule has 0 spiro atoms. The summed E-state index contributed by atoms with van der Waals surface area (Å²) < 4.78 is 42.0. The van der Waals surface area contributed by atoms with Crippen molar-refractivity contribution in [1.29, 1.82) is 0 Å². The van der Waals surface area contributed by atoms with E-state index in [0.29, 0.717) is 38.4 Å². The zero-order valence-electron chi connectivity index (χ0n) is 14.1. The Hall–Kier alpha value is -1.84. The lowest BCUT2D eigenvalue weighted by molar-refractivity contribution is -0.183. The van der Waals surface area contributed by atoms with Crippen LogP contribution in [0.5, 0.6) is 0 Å². The van der Waals surface area contributed by atoms with Crippen LogP contribution in [0, 0.1) is 0 Å². The number of alkyl halides is 3. The van der Waals surface area contributed by atoms with E-state index in [0.717, 1.165) is 4.88 Å². The number of nitrogens with zero attached hydrogens (tertiary/aromatic N) is 2. The van der Waals surface area contributed by atoms with Crippen molar-refractivity contribution in [2.24, 2.45) is 0 Å². The summed E-state index contributed by atoms with van der Waals surface area (Å²) in [6.07, 6.45) is -2.63. The topological polar surface area (TPSA) is 49.3 Å². The van der Waals surface area contributed by atoms with Gasteiger partial charge in [0.05, 0.1) is 6.54 Å². The van der Waals surface area contributed by atoms with Crippen molar-refractivity contribution < 1.29 is 18.0 Å². The van der Waals surface area contributed by atoms with Crippen LogP contribution in [0.1, 0.15) is 15.4 Å². The maximum absolute atomic E-state index is 13.4. The van der Waals surface area contributed by atoms with Gasteiger partial charge in [0, 0.05) is 43.8 Å². The van der Waals surface area contributed by atoms with Gasteiger partial charge in [-0.15, -0.1) is 11.3 Å². The largest absolute Gasteiger partial charge is 0.405 e. The van der Waals surface area contributed by atoms with Crippen LogP contribution < -0.4 is 10.6 Å². The van der Waals surface area contributed by atoms with Gasteiger partial charge in [0.2, 0.25) is 0 Å². The number of carbonyl (C=O) groups is 1. The molecule has 26 heavy (non-hydrogen) atoms. The molecule has 1 saturated heterocycles. The first-order valence-electron chi connectivity index (χ1n) is 8.42. The summed E-state index contributed by atoms with van der Waals surface area (Å²) in [5.41, 5.74) is 0.361. The molecule has 1 aliphatic heterocycles. The number of halogens is 3. The Balaban J connectivity index is 1.64. The SMILES string of the molecule is O=C(NCC(N1CCNCC1)C(F)(F)F)c1cccn1Cc1cccs1. The third-order valence-electron chi connectivity index (χ3n) is 4.39. The first-order chi connectivity index (χ1) is 12.4. The van der Waals surface area contributed by atoms with Crippen LogP contribution in [0.2, 0.25) is 0 Å². The molecule has 1 amide bonds. The van der Waals surface area contributed by atoms with Crippen molar-refractivity contribution in [3.05, 3.63) is 46.4 Å². The van der Waals surface area contributed by atoms with Crippen LogP contribution in [0.3, 0.4) is 0 Å². The molecule has 3 heterocycles. The number of amides is 1. The number of hydrogen-bond donors (Lipinski definition) is 2. The quantitative estimate of drug-likeness (QED) is 0.800. The summed E-state index contributed by atoms with van der Waals surface area (Å²) in [7, 11) is 0. The van der Waals surface area contributed by atoms with E-state index in [9.17, 15) is 18.0 Å². The van der Waals surface area contributed by atoms with Gasteiger partial charge in [0.1, 0.15) is 11.7 Å². The number of rotatable bonds is 6. The standard InChI is InChI=1S/C17H21F3N4OS/c18-17(19,20)15(23-8-5-21-6-9-23)11-22-16(25)14-4-1-7-24(14)12-13-3-2-10-26-13/h1-4,7,10,15,21H,5-6,8-9,11-12H2,(H,22,25). The Kier molecular flexibility index (Phi) is 6.00. The van der Waals surface area contributed by atoms with Crippen molar-refractivity contribution in [3.8, 4) is 0 Å². The van der Waals surface area contributed by atoms with E-state index in [1.165, 1.54) is 4.90 Å². The monoisotopic (exact) mass is 386 g/mol. The van der Waals surface area contributed by atoms with Crippen LogP contribution in [-0.2, 0) is 6.54 Å². The number of hydrogen-bond acceptors (Lipinski definition) is 4. The summed E-state index contributed by atoms with van der Waals surface area (Å²) >= 11 is 1.57. The number of nitrogens with one attached hydrogen (secondary N) is 2. The molecule has 1 aliphatic rings. The molecule has 2 N–H and O–H groups in total. The first-order valence-corrected chi connectivity index (χ1v) is 9.30. The third kappa shape index (κ3) is 4.66. The van der Waals surface area contributed by atoms with Crippen molar-refractivity contribution in [1.82, 2.24) is 20.1 Å². The van der Waals surface area contributed by atoms with Crippen LogP contribution in [-0.4, -0.2) is 60.3 Å². The van der Waals surface area contributed by atoms with E-state index in [1.54, 1.807) is 34.2 Å². The molecule has 1 unspecified atom stereocenters. The molecule has 5 nitrogen and oxygen atoms in total. The molecule has 0 aliphatic carbocycles. The first kappa shape index (κ1) is 18.9. The fourth-order valence-electron chi connectivity index (χ4n) is 3.05. The van der Waals surface area contributed by atoms with Gasteiger partial charge in [-0.3, -0.25) is 9.69 Å². The highest BCUT2D eigenvalue weighted by molar-refractivity contribution is 7.09. The molecule has 0 aromatic carbocycles. The minimum atomic E-state index is -4.39. The van der Waals surface area contributed by atoms with Crippen molar-refractivity contribution >= 4 is 17.2 Å². The van der Waals surface area contributed by atoms with Gasteiger partial charge in [-0.2, -0.15) is 13.2 Å². The molecule has 3 rings (SSSR count). The average molecular weight is 386 g/mol. The molecule has 1 fully saturated rings. The fourth-order valence-corrected chi connectivity index (χ4v) is 3.76. The summed E-state index contributed by atoms with van der Waals surface area (Å²) in [5, 5.41) is 7.45. The summed E-state index contributed by atoms with van der Waals surface area (Å²) in [6.45, 7) is 1.73. The Labute approximate surface area is 153 Å². The summed E-state index contributed by atoms with van der Waals surface area (Å²) in [5.74, 6) is -0.490. The lowest BCUT2D eigenvalue weighted by atomic mass is 10.2. The highest BCUT2D eigenvalue weighted by Gasteiger charge is 2.43. The van der Waals surface area contributed by atoms with Gasteiger partial charge in [0.25, 0.3) is 5.91 Å². The summed E-state index contributed by atoms with van der Waals surface area (Å²) in [4.78, 5) is 14.9. The maximum Gasteiger partial charge on any atom is 0.405 e. The third-order valence-corrected chi connectivity index (χ3v) is 5.26. The number of carbonyl (C=O) groups excluding carboxylic acids is 1. The smallest absolute Gasteiger partial charge is 0.349 e. The predicted molar refractivity (Wildman–Crippen MR) is 94.5 cm³/mol. The highest BCUT2D eigenvalue weighted by atomic mass is 32.1. The lowest BCUT2D eigenvalue weighted by Gasteiger charge is -2.35. The molecule has 0 saturated carbocycles. The second-order valence-electron chi connectivity index (χ2n) is 6.15. The lowest BCUT2D eigenvalue weighted by Crippen LogP contribution is -2.57. The van der Waals surface area contributed by atoms with Crippen molar-refractivity contribution in [2.45, 2.75) is 18.8 Å². The predicted octanol–water partition coefficient (Wildman–Crippen LogP) is 2.16. The Morgan fingerprint density at radius 1 is 1.27 bits per heavy atom. The summed E-state index contributed by atoms with van der Waals surface area (Å²) in [6, 6.07) is 5.55. The van der Waals surface area contributed by atoms with E-state index < -0.39 is 24.7 Å². The fraction of sp³-hybridized carbons (Fsp3) is 0.471. The second kappa shape index (κ2) is 8.24. The zero-order chi connectivity index (χ0) is 18.6. The Morgan fingerprint density at radius 2 is 2.04 bits per heavy atom. The molecule has 9 heteroatoms. The van der Waals surface area contributed by atoms with Crippen LogP contribution in [0.4, 0.5) is 13.2 Å². The maximum atomic E-state index is 13.4. The van der Waals surface area contributed by atoms with Gasteiger partial charge >= 0.3 is 6.18 Å². The number of piperazine rings is 1. The van der Waals surface area contributed by atoms with E-state index in [1.807, 2.05) is 17.5 Å². The average Bonchev–Trinajstić information content (AvgIpc) is 3.27. The van der Waals surface area contributed by atoms with Gasteiger partial charge < -0.3 is 15.2 Å². The minimum absolute atomic E-state index is 0.314. The Bertz CT molecular complexity index is 708. The molecule has 142 valence electrons. The van der Waals surface area contributed by atoms with Crippen molar-refractivity contribution in [2.75, 3.05) is 32.7 Å². The molecular formula is C17H21F3N4OS. The van der Waals surface area contributed by atoms with Crippen molar-refractivity contribution in [3.63, 3.8) is 0 Å².